The van der Waals surface area contributed by atoms with Crippen molar-refractivity contribution in [1.29, 1.82) is 0 Å². The van der Waals surface area contributed by atoms with E-state index >= 15 is 0 Å². The second-order valence-corrected chi connectivity index (χ2v) is 4.72. The van der Waals surface area contributed by atoms with Gasteiger partial charge in [-0.25, -0.2) is 0 Å². The van der Waals surface area contributed by atoms with Gasteiger partial charge in [-0.15, -0.1) is 0 Å². The highest BCUT2D eigenvalue weighted by Gasteiger charge is 2.48. The minimum Gasteiger partial charge on any atom is -0.387 e. The Morgan fingerprint density at radius 3 is 2.42 bits per heavy atom. The summed E-state index contributed by atoms with van der Waals surface area (Å²) in [5, 5.41) is 29.0. The van der Waals surface area contributed by atoms with E-state index in [4.69, 9.17) is 14.2 Å². The van der Waals surface area contributed by atoms with Crippen LogP contribution in [0.3, 0.4) is 0 Å². The minimum atomic E-state index is -1.42. The summed E-state index contributed by atoms with van der Waals surface area (Å²) in [4.78, 5) is 0. The van der Waals surface area contributed by atoms with Crippen LogP contribution in [0.25, 0.3) is 0 Å². The third-order valence-electron chi connectivity index (χ3n) is 3.42. The van der Waals surface area contributed by atoms with Crippen molar-refractivity contribution in [3.8, 4) is 0 Å². The molecular formula is C13H16O6. The number of aliphatic hydroxyl groups excluding tert-OH is 3. The lowest BCUT2D eigenvalue weighted by Crippen LogP contribution is -2.61. The van der Waals surface area contributed by atoms with Crippen LogP contribution in [0.1, 0.15) is 11.9 Å². The SMILES string of the molecule is O[C@@H]1[C@@H](O)[C@@H](O)O[C@@H]2CO[C@@H](c3ccccc3)O[C@@H]12. The number of fused-ring (bicyclic) bond motifs is 1. The van der Waals surface area contributed by atoms with E-state index in [2.05, 4.69) is 0 Å². The van der Waals surface area contributed by atoms with E-state index in [-0.39, 0.29) is 6.61 Å². The summed E-state index contributed by atoms with van der Waals surface area (Å²) in [6.07, 6.45) is -5.93. The molecule has 19 heavy (non-hydrogen) atoms. The van der Waals surface area contributed by atoms with Gasteiger partial charge < -0.3 is 29.5 Å². The molecule has 3 rings (SSSR count). The van der Waals surface area contributed by atoms with Crippen molar-refractivity contribution in [3.63, 3.8) is 0 Å². The fraction of sp³-hybridized carbons (Fsp3) is 0.538. The monoisotopic (exact) mass is 268 g/mol. The Morgan fingerprint density at radius 2 is 1.68 bits per heavy atom. The Bertz CT molecular complexity index is 422. The van der Waals surface area contributed by atoms with Crippen molar-refractivity contribution < 1.29 is 29.5 Å². The molecule has 0 bridgehead atoms. The zero-order valence-electron chi connectivity index (χ0n) is 10.1. The molecule has 3 N–H and O–H groups in total. The lowest BCUT2D eigenvalue weighted by Gasteiger charge is -2.45. The zero-order chi connectivity index (χ0) is 13.4. The lowest BCUT2D eigenvalue weighted by molar-refractivity contribution is -0.354. The topological polar surface area (TPSA) is 88.4 Å². The molecule has 0 saturated carbocycles. The fourth-order valence-corrected chi connectivity index (χ4v) is 2.37. The van der Waals surface area contributed by atoms with Gasteiger partial charge in [0.05, 0.1) is 6.61 Å². The zero-order valence-corrected chi connectivity index (χ0v) is 10.1. The first kappa shape index (κ1) is 13.0. The maximum Gasteiger partial charge on any atom is 0.184 e. The lowest BCUT2D eigenvalue weighted by atomic mass is 9.98. The molecular weight excluding hydrogens is 252 g/mol. The quantitative estimate of drug-likeness (QED) is 0.639. The van der Waals surface area contributed by atoms with Crippen LogP contribution < -0.4 is 0 Å². The highest BCUT2D eigenvalue weighted by atomic mass is 16.7. The van der Waals surface area contributed by atoms with Crippen LogP contribution in [-0.2, 0) is 14.2 Å². The molecule has 0 spiro atoms. The molecule has 1 aromatic rings. The first-order valence-electron chi connectivity index (χ1n) is 6.18. The normalized spacial score (nSPS) is 42.7. The highest BCUT2D eigenvalue weighted by Crippen LogP contribution is 2.33. The Hall–Kier alpha value is -1.02. The number of ether oxygens (including phenoxy) is 3. The molecule has 2 aliphatic heterocycles. The van der Waals surface area contributed by atoms with Crippen LogP contribution in [0.15, 0.2) is 30.3 Å². The summed E-state index contributed by atoms with van der Waals surface area (Å²) in [6, 6.07) is 9.31. The maximum absolute atomic E-state index is 9.94. The van der Waals surface area contributed by atoms with Crippen molar-refractivity contribution in [1.82, 2.24) is 0 Å². The molecule has 104 valence electrons. The summed E-state index contributed by atoms with van der Waals surface area (Å²) in [6.45, 7) is 0.186. The summed E-state index contributed by atoms with van der Waals surface area (Å²) in [5.74, 6) is 0. The van der Waals surface area contributed by atoms with Crippen LogP contribution >= 0.6 is 0 Å². The molecule has 6 heteroatoms. The molecule has 0 radical (unpaired) electrons. The van der Waals surface area contributed by atoms with Gasteiger partial charge in [-0.1, -0.05) is 30.3 Å². The Kier molecular flexibility index (Phi) is 3.53. The summed E-state index contributed by atoms with van der Waals surface area (Å²) >= 11 is 0. The van der Waals surface area contributed by atoms with E-state index in [9.17, 15) is 15.3 Å². The average Bonchev–Trinajstić information content (AvgIpc) is 2.46. The largest absolute Gasteiger partial charge is 0.387 e. The van der Waals surface area contributed by atoms with Gasteiger partial charge >= 0.3 is 0 Å². The van der Waals surface area contributed by atoms with Crippen LogP contribution in [0.5, 0.6) is 0 Å². The fourth-order valence-electron chi connectivity index (χ4n) is 2.37. The van der Waals surface area contributed by atoms with Crippen LogP contribution in [-0.4, -0.2) is 52.6 Å². The average molecular weight is 268 g/mol. The van der Waals surface area contributed by atoms with E-state index in [0.29, 0.717) is 0 Å². The van der Waals surface area contributed by atoms with Gasteiger partial charge in [-0.2, -0.15) is 0 Å². The standard InChI is InChI=1S/C13H16O6/c14-9-10(15)12(16)18-8-6-17-13(19-11(8)9)7-4-2-1-3-5-7/h1-5,8-16H,6H2/t8-,9-,10-,11-,12+,13-/m1/s1. The molecule has 2 heterocycles. The van der Waals surface area contributed by atoms with Gasteiger partial charge in [0, 0.05) is 5.56 Å². The first-order chi connectivity index (χ1) is 9.16. The molecule has 2 aliphatic rings. The van der Waals surface area contributed by atoms with Gasteiger partial charge in [0.25, 0.3) is 0 Å². The molecule has 1 aromatic carbocycles. The molecule has 0 unspecified atom stereocenters. The van der Waals surface area contributed by atoms with Crippen LogP contribution in [0, 0.1) is 0 Å². The van der Waals surface area contributed by atoms with Crippen LogP contribution in [0.2, 0.25) is 0 Å². The van der Waals surface area contributed by atoms with Crippen molar-refractivity contribution in [2.75, 3.05) is 6.61 Å². The Labute approximate surface area is 110 Å². The number of hydrogen-bond donors (Lipinski definition) is 3. The maximum atomic E-state index is 9.94. The van der Waals surface area contributed by atoms with Gasteiger partial charge in [0.15, 0.2) is 12.6 Å². The Balaban J connectivity index is 1.75. The van der Waals surface area contributed by atoms with Crippen molar-refractivity contribution in [3.05, 3.63) is 35.9 Å². The predicted molar refractivity (Wildman–Crippen MR) is 62.9 cm³/mol. The first-order valence-corrected chi connectivity index (χ1v) is 6.18. The van der Waals surface area contributed by atoms with E-state index in [1.54, 1.807) is 0 Å². The number of aliphatic hydroxyl groups is 3. The molecule has 0 aliphatic carbocycles. The third kappa shape index (κ3) is 2.38. The number of rotatable bonds is 1. The van der Waals surface area contributed by atoms with Crippen molar-refractivity contribution in [2.45, 2.75) is 37.0 Å². The molecule has 2 saturated heterocycles. The number of benzene rings is 1. The van der Waals surface area contributed by atoms with E-state index in [0.717, 1.165) is 5.56 Å². The minimum absolute atomic E-state index is 0.186. The smallest absolute Gasteiger partial charge is 0.184 e. The third-order valence-corrected chi connectivity index (χ3v) is 3.42. The molecule has 2 fully saturated rings. The summed E-state index contributed by atoms with van der Waals surface area (Å²) in [7, 11) is 0. The number of hydrogen-bond acceptors (Lipinski definition) is 6. The van der Waals surface area contributed by atoms with Gasteiger partial charge in [-0.3, -0.25) is 0 Å². The molecule has 0 aromatic heterocycles. The molecule has 0 amide bonds. The van der Waals surface area contributed by atoms with E-state index < -0.39 is 37.0 Å². The molecule has 6 atom stereocenters. The second-order valence-electron chi connectivity index (χ2n) is 4.72. The van der Waals surface area contributed by atoms with Crippen molar-refractivity contribution >= 4 is 0 Å². The summed E-state index contributed by atoms with van der Waals surface area (Å²) in [5.41, 5.74) is 0.828. The summed E-state index contributed by atoms with van der Waals surface area (Å²) < 4.78 is 16.3. The van der Waals surface area contributed by atoms with E-state index in [1.165, 1.54) is 0 Å². The van der Waals surface area contributed by atoms with Gasteiger partial charge in [0.1, 0.15) is 24.4 Å². The Morgan fingerprint density at radius 1 is 0.947 bits per heavy atom. The van der Waals surface area contributed by atoms with Crippen LogP contribution in [0.4, 0.5) is 0 Å². The van der Waals surface area contributed by atoms with E-state index in [1.807, 2.05) is 30.3 Å². The second kappa shape index (κ2) is 5.16. The predicted octanol–water partition coefficient (Wildman–Crippen LogP) is -0.460. The van der Waals surface area contributed by atoms with Gasteiger partial charge in [0.2, 0.25) is 0 Å². The highest BCUT2D eigenvalue weighted by molar-refractivity contribution is 5.16. The molecule has 6 nitrogen and oxygen atoms in total. The van der Waals surface area contributed by atoms with Crippen molar-refractivity contribution in [2.24, 2.45) is 0 Å². The van der Waals surface area contributed by atoms with Gasteiger partial charge in [-0.05, 0) is 0 Å².